The smallest absolute Gasteiger partial charge is 0.201 e. The molecule has 0 amide bonds. The van der Waals surface area contributed by atoms with E-state index < -0.39 is 0 Å². The molecule has 0 fully saturated rings. The van der Waals surface area contributed by atoms with Gasteiger partial charge in [-0.3, -0.25) is 0 Å². The summed E-state index contributed by atoms with van der Waals surface area (Å²) in [6.45, 7) is 4.33. The number of thioether (sulfide) groups is 2. The van der Waals surface area contributed by atoms with Crippen molar-refractivity contribution < 1.29 is 9.47 Å². The molecule has 2 aromatic carbocycles. The first kappa shape index (κ1) is 23.7. The van der Waals surface area contributed by atoms with Gasteiger partial charge in [0.25, 0.3) is 0 Å². The van der Waals surface area contributed by atoms with Crippen molar-refractivity contribution in [1.82, 2.24) is 19.9 Å². The van der Waals surface area contributed by atoms with Crippen molar-refractivity contribution in [2.24, 2.45) is 0 Å². The van der Waals surface area contributed by atoms with Crippen LogP contribution in [-0.2, 0) is 9.47 Å². The van der Waals surface area contributed by atoms with Gasteiger partial charge >= 0.3 is 0 Å². The van der Waals surface area contributed by atoms with Gasteiger partial charge in [-0.2, -0.15) is 0 Å². The van der Waals surface area contributed by atoms with E-state index in [1.54, 1.807) is 0 Å². The van der Waals surface area contributed by atoms with Crippen molar-refractivity contribution in [3.8, 4) is 0 Å². The van der Waals surface area contributed by atoms with Crippen molar-refractivity contribution in [3.63, 3.8) is 0 Å². The Balaban J connectivity index is 0.913. The number of anilines is 2. The predicted octanol–water partition coefficient (Wildman–Crippen LogP) is 4.42. The third-order valence-electron chi connectivity index (χ3n) is 4.77. The second kappa shape index (κ2) is 13.3. The van der Waals surface area contributed by atoms with E-state index in [-0.39, 0.29) is 0 Å². The highest BCUT2D eigenvalue weighted by molar-refractivity contribution is 8.15. The molecule has 33 heavy (non-hydrogen) atoms. The molecule has 0 saturated heterocycles. The molecule has 2 heterocycles. The molecule has 10 heteroatoms. The minimum atomic E-state index is 0.667. The number of hydrogen-bond acceptors (Lipinski definition) is 8. The first-order valence-corrected chi connectivity index (χ1v) is 13.4. The standard InChI is InChI=1S/C23H30N6O2S2/c1-2-6-19-18(5-1)26-22(27-19)24-9-11-30-13-15-32-17-33-16-14-31-12-10-25-23-28-20-7-3-4-8-21(20)29-23/h1-8H,9-17H2,(H2,24,26,27)(H2,25,28,29). The fourth-order valence-electron chi connectivity index (χ4n) is 3.17. The SMILES string of the molecule is c1ccc2[nH]c(NCCOCCSCSCCOCCNc3nc4ccccc4[nH]3)nc2c1. The van der Waals surface area contributed by atoms with E-state index in [1.807, 2.05) is 72.1 Å². The molecular weight excluding hydrogens is 456 g/mol. The molecule has 4 aromatic rings. The van der Waals surface area contributed by atoms with Crippen molar-refractivity contribution >= 4 is 57.5 Å². The maximum absolute atomic E-state index is 5.68. The lowest BCUT2D eigenvalue weighted by Gasteiger charge is -2.06. The van der Waals surface area contributed by atoms with Crippen LogP contribution in [0.1, 0.15) is 0 Å². The van der Waals surface area contributed by atoms with Gasteiger partial charge in [-0.25, -0.2) is 9.97 Å². The highest BCUT2D eigenvalue weighted by Gasteiger charge is 2.01. The number of imidazole rings is 2. The lowest BCUT2D eigenvalue weighted by atomic mass is 10.3. The van der Waals surface area contributed by atoms with Crippen LogP contribution in [0.2, 0.25) is 0 Å². The Labute approximate surface area is 202 Å². The van der Waals surface area contributed by atoms with Crippen molar-refractivity contribution in [1.29, 1.82) is 0 Å². The van der Waals surface area contributed by atoms with Crippen LogP contribution < -0.4 is 10.6 Å². The molecular formula is C23H30N6O2S2. The number of benzene rings is 2. The Morgan fingerprint density at radius 2 is 1.15 bits per heavy atom. The van der Waals surface area contributed by atoms with Crippen LogP contribution in [-0.4, -0.2) is 76.0 Å². The summed E-state index contributed by atoms with van der Waals surface area (Å²) >= 11 is 3.79. The van der Waals surface area contributed by atoms with E-state index in [0.29, 0.717) is 13.2 Å². The third kappa shape index (κ3) is 7.85. The number of H-pyrrole nitrogens is 2. The van der Waals surface area contributed by atoms with E-state index >= 15 is 0 Å². The molecule has 0 unspecified atom stereocenters. The molecule has 0 aliphatic heterocycles. The van der Waals surface area contributed by atoms with Crippen molar-refractivity contribution in [2.75, 3.05) is 66.7 Å². The minimum Gasteiger partial charge on any atom is -0.379 e. The van der Waals surface area contributed by atoms with E-state index in [1.165, 1.54) is 0 Å². The highest BCUT2D eigenvalue weighted by atomic mass is 32.2. The predicted molar refractivity (Wildman–Crippen MR) is 141 cm³/mol. The Morgan fingerprint density at radius 1 is 0.667 bits per heavy atom. The normalized spacial score (nSPS) is 11.4. The monoisotopic (exact) mass is 486 g/mol. The molecule has 0 aliphatic carbocycles. The van der Waals surface area contributed by atoms with Gasteiger partial charge < -0.3 is 30.1 Å². The zero-order valence-corrected chi connectivity index (χ0v) is 20.1. The number of rotatable bonds is 16. The van der Waals surface area contributed by atoms with Gasteiger partial charge in [-0.05, 0) is 24.3 Å². The van der Waals surface area contributed by atoms with Gasteiger partial charge in [-0.1, -0.05) is 24.3 Å². The fraction of sp³-hybridized carbons (Fsp3) is 0.391. The minimum absolute atomic E-state index is 0.667. The van der Waals surface area contributed by atoms with Crippen LogP contribution in [0, 0.1) is 0 Å². The molecule has 0 bridgehead atoms. The van der Waals surface area contributed by atoms with Crippen LogP contribution in [0.5, 0.6) is 0 Å². The fourth-order valence-corrected chi connectivity index (χ4v) is 5.06. The molecule has 0 atom stereocenters. The van der Waals surface area contributed by atoms with Crippen LogP contribution in [0.15, 0.2) is 48.5 Å². The summed E-state index contributed by atoms with van der Waals surface area (Å²) < 4.78 is 11.4. The lowest BCUT2D eigenvalue weighted by molar-refractivity contribution is 0.160. The van der Waals surface area contributed by atoms with Crippen LogP contribution in [0.3, 0.4) is 0 Å². The molecule has 2 aromatic heterocycles. The van der Waals surface area contributed by atoms with Crippen LogP contribution >= 0.6 is 23.5 Å². The van der Waals surface area contributed by atoms with Gasteiger partial charge in [0, 0.05) is 29.7 Å². The zero-order chi connectivity index (χ0) is 22.6. The Hall–Kier alpha value is -2.40. The number of ether oxygens (including phenoxy) is 2. The van der Waals surface area contributed by atoms with Crippen molar-refractivity contribution in [3.05, 3.63) is 48.5 Å². The van der Waals surface area contributed by atoms with Gasteiger partial charge in [0.15, 0.2) is 0 Å². The number of para-hydroxylation sites is 4. The largest absolute Gasteiger partial charge is 0.379 e. The number of fused-ring (bicyclic) bond motifs is 2. The summed E-state index contributed by atoms with van der Waals surface area (Å²) in [4.78, 5) is 15.5. The van der Waals surface area contributed by atoms with Crippen molar-refractivity contribution in [2.45, 2.75) is 0 Å². The van der Waals surface area contributed by atoms with Crippen LogP contribution in [0.25, 0.3) is 22.1 Å². The Kier molecular flexibility index (Phi) is 9.60. The first-order chi connectivity index (χ1) is 16.4. The van der Waals surface area contributed by atoms with E-state index in [2.05, 4.69) is 30.6 Å². The topological polar surface area (TPSA) is 99.9 Å². The molecule has 0 saturated carbocycles. The Bertz CT molecular complexity index is 951. The van der Waals surface area contributed by atoms with Gasteiger partial charge in [0.2, 0.25) is 11.9 Å². The average molecular weight is 487 g/mol. The second-order valence-electron chi connectivity index (χ2n) is 7.22. The maximum Gasteiger partial charge on any atom is 0.201 e. The van der Waals surface area contributed by atoms with Gasteiger partial charge in [0.05, 0.1) is 48.5 Å². The molecule has 8 nitrogen and oxygen atoms in total. The summed E-state index contributed by atoms with van der Waals surface area (Å²) in [5.41, 5.74) is 4.03. The van der Waals surface area contributed by atoms with Gasteiger partial charge in [0.1, 0.15) is 0 Å². The second-order valence-corrected chi connectivity index (χ2v) is 9.79. The van der Waals surface area contributed by atoms with Crippen LogP contribution in [0.4, 0.5) is 11.9 Å². The number of aromatic amines is 2. The molecule has 4 rings (SSSR count). The third-order valence-corrected chi connectivity index (χ3v) is 7.01. The zero-order valence-electron chi connectivity index (χ0n) is 18.5. The molecule has 0 radical (unpaired) electrons. The lowest BCUT2D eigenvalue weighted by Crippen LogP contribution is -2.12. The average Bonchev–Trinajstić information content (AvgIpc) is 3.44. The quantitative estimate of drug-likeness (QED) is 0.136. The number of nitrogens with one attached hydrogen (secondary N) is 4. The molecule has 176 valence electrons. The Morgan fingerprint density at radius 3 is 1.64 bits per heavy atom. The summed E-state index contributed by atoms with van der Waals surface area (Å²) in [5, 5.41) is 7.58. The summed E-state index contributed by atoms with van der Waals surface area (Å²) in [5.74, 6) is 3.58. The molecule has 4 N–H and O–H groups in total. The maximum atomic E-state index is 5.68. The van der Waals surface area contributed by atoms with E-state index in [4.69, 9.17) is 9.47 Å². The number of hydrogen-bond donors (Lipinski definition) is 4. The summed E-state index contributed by atoms with van der Waals surface area (Å²) in [7, 11) is 0. The number of nitrogens with zero attached hydrogens (tertiary/aromatic N) is 2. The highest BCUT2D eigenvalue weighted by Crippen LogP contribution is 2.14. The molecule has 0 aliphatic rings. The summed E-state index contributed by atoms with van der Waals surface area (Å²) in [6.07, 6.45) is 0. The summed E-state index contributed by atoms with van der Waals surface area (Å²) in [6, 6.07) is 16.0. The van der Waals surface area contributed by atoms with E-state index in [9.17, 15) is 0 Å². The van der Waals surface area contributed by atoms with Gasteiger partial charge in [-0.15, -0.1) is 23.5 Å². The first-order valence-electron chi connectivity index (χ1n) is 11.1. The molecule has 0 spiro atoms. The van der Waals surface area contributed by atoms with E-state index in [0.717, 1.165) is 76.9 Å². The number of aromatic nitrogens is 4.